The lowest BCUT2D eigenvalue weighted by Crippen LogP contribution is -2.53. The van der Waals surface area contributed by atoms with Gasteiger partial charge in [-0.2, -0.15) is 0 Å². The number of carbonyl (C=O) groups excluding carboxylic acids is 10. The van der Waals surface area contributed by atoms with Gasteiger partial charge < -0.3 is 54.5 Å². The zero-order valence-corrected chi connectivity index (χ0v) is 45.1. The Hall–Kier alpha value is -2.25. The van der Waals surface area contributed by atoms with Gasteiger partial charge >= 0.3 is 23.9 Å². The quantitative estimate of drug-likeness (QED) is 0.0419. The molecule has 0 aromatic rings. The summed E-state index contributed by atoms with van der Waals surface area (Å²) in [5.41, 5.74) is 5.58. The highest BCUT2D eigenvalue weighted by molar-refractivity contribution is 8.00. The SMILES string of the molecule is CC(=O)C(C)N(C)C(=O)C(CC(=O)OPP)NP.CC(=O)C(C)N(C)C(=O)C(N)CC(=O)OPP.[B]N(C)CC(=O)O.[B]NCC(=O)NC(CC(=O)OPP)C(=O)N(C)C(C)C(C)=O. The van der Waals surface area contributed by atoms with Crippen LogP contribution in [0.1, 0.15) is 60.8 Å². The molecular weight excluding hydrogens is 975 g/mol. The first kappa shape index (κ1) is 68.3. The van der Waals surface area contributed by atoms with E-state index in [1.54, 1.807) is 20.8 Å². The molecule has 0 rings (SSSR count). The first-order valence-corrected chi connectivity index (χ1v) is 27.1. The van der Waals surface area contributed by atoms with Gasteiger partial charge in [-0.1, -0.05) is 36.2 Å². The third kappa shape index (κ3) is 32.4. The smallest absolute Gasteiger partial charge is 0.316 e. The van der Waals surface area contributed by atoms with Crippen LogP contribution in [-0.4, -0.2) is 183 Å². The van der Waals surface area contributed by atoms with Gasteiger partial charge in [-0.05, 0) is 48.6 Å². The van der Waals surface area contributed by atoms with Crippen molar-refractivity contribution in [1.82, 2.24) is 35.1 Å². The minimum Gasteiger partial charge on any atom is -0.480 e. The van der Waals surface area contributed by atoms with E-state index in [0.29, 0.717) is 0 Å². The van der Waals surface area contributed by atoms with Crippen LogP contribution in [0.2, 0.25) is 0 Å². The lowest BCUT2D eigenvalue weighted by molar-refractivity contribution is -0.143. The Morgan fingerprint density at radius 1 is 0.641 bits per heavy atom. The highest BCUT2D eigenvalue weighted by Crippen LogP contribution is 2.24. The largest absolute Gasteiger partial charge is 0.480 e. The van der Waals surface area contributed by atoms with E-state index in [0.717, 1.165) is 4.81 Å². The summed E-state index contributed by atoms with van der Waals surface area (Å²) in [6.07, 6.45) is -0.584. The summed E-state index contributed by atoms with van der Waals surface area (Å²) < 4.78 is 14.2. The number of nitrogens with one attached hydrogen (secondary N) is 3. The number of amides is 4. The van der Waals surface area contributed by atoms with Crippen molar-refractivity contribution >= 4 is 142 Å². The van der Waals surface area contributed by atoms with Crippen LogP contribution < -0.4 is 21.4 Å². The van der Waals surface area contributed by atoms with Crippen LogP contribution in [0.15, 0.2) is 0 Å². The standard InChI is InChI=1S/C11H20BN3O5P2.C9H19N2O4P3.C9H18N2O4P2.C3H6BNO2/c1-6(7(2)16)15(3)11(19)8(4-10(18)20-22-21)14-9(17)5-13-12;1-5(6(2)12)11(3)9(14)7(10-16)4-8(13)15-18-17;1-5(6(2)12)11(3)9(14)7(10)4-8(13)15-17-16;1-5(4)2-3(6)7/h6,8,13,22H,4-5,21H2,1-3H3,(H,14,17);5,7,10,18H,4,16-17H2,1-3H3;5,7,17H,4,10,16H2,1-3H3;2H2,1H3,(H,6,7). The van der Waals surface area contributed by atoms with Crippen molar-refractivity contribution in [1.29, 1.82) is 0 Å². The molecule has 0 aromatic carbocycles. The number of likely N-dealkylation sites (N-methyl/N-ethyl adjacent to an activating group) is 4. The lowest BCUT2D eigenvalue weighted by Gasteiger charge is -2.27. The van der Waals surface area contributed by atoms with Crippen molar-refractivity contribution in [2.45, 2.75) is 97.1 Å². The van der Waals surface area contributed by atoms with Gasteiger partial charge in [0, 0.05) is 21.1 Å². The molecule has 13 atom stereocenters. The number of carboxylic acids is 1. The number of nitrogens with two attached hydrogens (primary N) is 1. The summed E-state index contributed by atoms with van der Waals surface area (Å²) in [4.78, 5) is 130. The number of ketones is 3. The van der Waals surface area contributed by atoms with E-state index in [1.807, 2.05) is 0 Å². The van der Waals surface area contributed by atoms with Gasteiger partial charge in [0.1, 0.15) is 12.1 Å². The van der Waals surface area contributed by atoms with Crippen LogP contribution in [0.25, 0.3) is 0 Å². The summed E-state index contributed by atoms with van der Waals surface area (Å²) in [7, 11) is 24.7. The van der Waals surface area contributed by atoms with Crippen molar-refractivity contribution in [2.24, 2.45) is 5.73 Å². The van der Waals surface area contributed by atoms with E-state index in [-0.39, 0.29) is 81.1 Å². The molecule has 6 N–H and O–H groups in total. The molecule has 32 heteroatoms. The van der Waals surface area contributed by atoms with E-state index in [4.69, 9.17) is 35.9 Å². The Bertz CT molecular complexity index is 1550. The van der Waals surface area contributed by atoms with E-state index < -0.39 is 77.8 Å². The molecular formula is C32H63B2N8O15P7. The number of carbonyl (C=O) groups is 11. The Morgan fingerprint density at radius 3 is 1.25 bits per heavy atom. The molecule has 0 spiro atoms. The van der Waals surface area contributed by atoms with Crippen LogP contribution in [0.5, 0.6) is 0 Å². The molecule has 0 aliphatic rings. The van der Waals surface area contributed by atoms with Crippen LogP contribution in [-0.2, 0) is 66.3 Å². The molecule has 0 saturated heterocycles. The maximum Gasteiger partial charge on any atom is 0.316 e. The summed E-state index contributed by atoms with van der Waals surface area (Å²) in [5.74, 6) is -4.86. The minimum absolute atomic E-state index is 0.0280. The number of carboxylic acid groups (broad SMARTS) is 1. The second kappa shape index (κ2) is 38.8. The Kier molecular flexibility index (Phi) is 41.4. The van der Waals surface area contributed by atoms with Gasteiger partial charge in [0.25, 0.3) is 0 Å². The number of hydrogen-bond donors (Lipinski definition) is 5. The van der Waals surface area contributed by atoms with Crippen LogP contribution in [0.3, 0.4) is 0 Å². The predicted octanol–water partition coefficient (Wildman–Crippen LogP) is -1.46. The Morgan fingerprint density at radius 2 is 0.969 bits per heavy atom. The summed E-state index contributed by atoms with van der Waals surface area (Å²) in [5, 5.41) is 15.2. The molecule has 0 aliphatic carbocycles. The normalized spacial score (nSPS) is 13.5. The lowest BCUT2D eigenvalue weighted by atomic mass is 10.1. The molecule has 0 aliphatic heterocycles. The van der Waals surface area contributed by atoms with Crippen molar-refractivity contribution in [2.75, 3.05) is 41.3 Å². The molecule has 23 nitrogen and oxygen atoms in total. The van der Waals surface area contributed by atoms with Crippen molar-refractivity contribution in [3.63, 3.8) is 0 Å². The van der Waals surface area contributed by atoms with Crippen molar-refractivity contribution in [3.8, 4) is 0 Å². The molecule has 0 aromatic heterocycles. The molecule has 4 radical (unpaired) electrons. The fourth-order valence-corrected chi connectivity index (χ4v) is 6.12. The van der Waals surface area contributed by atoms with Crippen molar-refractivity contribution < 1.29 is 71.4 Å². The first-order chi connectivity index (χ1) is 29.5. The molecule has 0 bridgehead atoms. The predicted molar refractivity (Wildman–Crippen MR) is 261 cm³/mol. The topological polar surface area (TPSA) is 311 Å². The van der Waals surface area contributed by atoms with Gasteiger partial charge in [0.05, 0.1) is 82.0 Å². The van der Waals surface area contributed by atoms with Gasteiger partial charge in [-0.3, -0.25) is 57.8 Å². The fraction of sp³-hybridized carbons (Fsp3) is 0.656. The molecule has 64 heavy (non-hydrogen) atoms. The van der Waals surface area contributed by atoms with Gasteiger partial charge in [-0.15, -0.1) is 0 Å². The molecule has 0 fully saturated rings. The number of Topliss-reactive ketones (excluding diaryl/α,β-unsaturated/α-hetero) is 3. The fourth-order valence-electron chi connectivity index (χ4n) is 4.04. The number of hydrogen-bond acceptors (Lipinski definition) is 18. The summed E-state index contributed by atoms with van der Waals surface area (Å²) in [6.45, 7) is 8.64. The van der Waals surface area contributed by atoms with E-state index in [1.165, 1.54) is 63.7 Å². The van der Waals surface area contributed by atoms with Crippen LogP contribution in [0, 0.1) is 0 Å². The maximum atomic E-state index is 12.4. The number of rotatable bonds is 24. The van der Waals surface area contributed by atoms with Gasteiger partial charge in [0.2, 0.25) is 23.6 Å². The van der Waals surface area contributed by atoms with Crippen molar-refractivity contribution in [3.05, 3.63) is 0 Å². The van der Waals surface area contributed by atoms with Gasteiger partial charge in [0.15, 0.2) is 33.3 Å². The minimum atomic E-state index is -1.12. The molecule has 13 unspecified atom stereocenters. The summed E-state index contributed by atoms with van der Waals surface area (Å²) >= 11 is 0. The van der Waals surface area contributed by atoms with E-state index >= 15 is 0 Å². The van der Waals surface area contributed by atoms with E-state index in [9.17, 15) is 52.7 Å². The van der Waals surface area contributed by atoms with Gasteiger partial charge in [-0.25, -0.2) is 0 Å². The third-order valence-corrected chi connectivity index (χ3v) is 10.8. The highest BCUT2D eigenvalue weighted by atomic mass is 32.0. The zero-order chi connectivity index (χ0) is 51.0. The second-order valence-electron chi connectivity index (χ2n) is 13.2. The zero-order valence-electron chi connectivity index (χ0n) is 37.5. The van der Waals surface area contributed by atoms with Crippen LogP contribution >= 0.6 is 61.7 Å². The number of nitrogens with zero attached hydrogens (tertiary/aromatic N) is 4. The first-order valence-electron chi connectivity index (χ1n) is 18.4. The highest BCUT2D eigenvalue weighted by Gasteiger charge is 2.31. The molecule has 362 valence electrons. The van der Waals surface area contributed by atoms with E-state index in [2.05, 4.69) is 56.3 Å². The molecule has 0 saturated carbocycles. The Labute approximate surface area is 391 Å². The number of aliphatic carboxylic acids is 1. The summed E-state index contributed by atoms with van der Waals surface area (Å²) in [6, 6.07) is -4.54. The third-order valence-electron chi connectivity index (χ3n) is 8.29. The van der Waals surface area contributed by atoms with Crippen LogP contribution in [0.4, 0.5) is 0 Å². The molecule has 4 amide bonds. The monoisotopic (exact) mass is 1040 g/mol. The second-order valence-corrected chi connectivity index (χ2v) is 17.0. The average Bonchev–Trinajstić information content (AvgIpc) is 3.20. The Balaban J connectivity index is -0.000000395. The maximum absolute atomic E-state index is 12.4. The molecule has 0 heterocycles. The average molecular weight is 1040 g/mol.